The van der Waals surface area contributed by atoms with E-state index in [2.05, 4.69) is 42.8 Å². The summed E-state index contributed by atoms with van der Waals surface area (Å²) in [5.41, 5.74) is 2.51. The predicted octanol–water partition coefficient (Wildman–Crippen LogP) is 4.25. The van der Waals surface area contributed by atoms with E-state index in [0.717, 1.165) is 19.4 Å². The van der Waals surface area contributed by atoms with E-state index in [1.807, 2.05) is 0 Å². The van der Waals surface area contributed by atoms with Crippen LogP contribution in [0.2, 0.25) is 0 Å². The molecule has 3 unspecified atom stereocenters. The molecule has 0 N–H and O–H groups in total. The number of aromatic nitrogens is 2. The maximum Gasteiger partial charge on any atom is 0.0706 e. The number of nitrogens with zero attached hydrogens (tertiary/aromatic N) is 2. The van der Waals surface area contributed by atoms with Crippen molar-refractivity contribution in [3.63, 3.8) is 0 Å². The van der Waals surface area contributed by atoms with E-state index in [4.69, 9.17) is 16.7 Å². The first-order valence-corrected chi connectivity index (χ1v) is 7.72. The molecule has 1 aromatic heterocycles. The summed E-state index contributed by atoms with van der Waals surface area (Å²) in [7, 11) is 0. The lowest BCUT2D eigenvalue weighted by Crippen LogP contribution is -2.13. The zero-order valence-electron chi connectivity index (χ0n) is 11.6. The number of benzene rings is 1. The van der Waals surface area contributed by atoms with Crippen LogP contribution < -0.4 is 0 Å². The van der Waals surface area contributed by atoms with Crippen molar-refractivity contribution in [2.75, 3.05) is 0 Å². The predicted molar refractivity (Wildman–Crippen MR) is 80.6 cm³/mol. The third-order valence-electron chi connectivity index (χ3n) is 4.62. The normalized spacial score (nSPS) is 27.2. The number of hydrogen-bond acceptors (Lipinski definition) is 1. The Hall–Kier alpha value is -1.02. The van der Waals surface area contributed by atoms with E-state index in [9.17, 15) is 0 Å². The highest BCUT2D eigenvalue weighted by molar-refractivity contribution is 6.20. The molecule has 102 valence electrons. The van der Waals surface area contributed by atoms with Crippen molar-refractivity contribution in [2.45, 2.75) is 45.0 Å². The third kappa shape index (κ3) is 2.27. The van der Waals surface area contributed by atoms with Crippen LogP contribution in [-0.2, 0) is 13.0 Å². The molecule has 1 saturated carbocycles. The molecule has 3 heteroatoms. The molecule has 3 atom stereocenters. The van der Waals surface area contributed by atoms with E-state index in [0.29, 0.717) is 17.2 Å². The second kappa shape index (κ2) is 5.16. The van der Waals surface area contributed by atoms with Gasteiger partial charge in [-0.25, -0.2) is 0 Å². The monoisotopic (exact) mass is 276 g/mol. The van der Waals surface area contributed by atoms with E-state index < -0.39 is 0 Å². The lowest BCUT2D eigenvalue weighted by atomic mass is 9.92. The van der Waals surface area contributed by atoms with Crippen LogP contribution in [0.25, 0.3) is 10.9 Å². The first-order chi connectivity index (χ1) is 9.20. The van der Waals surface area contributed by atoms with Crippen molar-refractivity contribution < 1.29 is 0 Å². The Morgan fingerprint density at radius 2 is 2.11 bits per heavy atom. The van der Waals surface area contributed by atoms with Crippen molar-refractivity contribution in [2.24, 2.45) is 11.8 Å². The fourth-order valence-corrected chi connectivity index (χ4v) is 3.65. The summed E-state index contributed by atoms with van der Waals surface area (Å²) in [6, 6.07) is 8.56. The maximum absolute atomic E-state index is 6.35. The maximum atomic E-state index is 6.35. The molecule has 1 heterocycles. The lowest BCUT2D eigenvalue weighted by molar-refractivity contribution is 0.415. The summed E-state index contributed by atoms with van der Waals surface area (Å²) < 4.78 is 2.11. The van der Waals surface area contributed by atoms with E-state index in [-0.39, 0.29) is 0 Å². The Morgan fingerprint density at radius 1 is 1.32 bits per heavy atom. The minimum Gasteiger partial charge on any atom is -0.265 e. The molecule has 0 spiro atoms. The van der Waals surface area contributed by atoms with E-state index in [1.165, 1.54) is 23.0 Å². The summed E-state index contributed by atoms with van der Waals surface area (Å²) in [6.45, 7) is 5.36. The molecule has 0 aliphatic heterocycles. The van der Waals surface area contributed by atoms with Gasteiger partial charge in [0.2, 0.25) is 0 Å². The molecule has 1 aliphatic carbocycles. The van der Waals surface area contributed by atoms with Gasteiger partial charge in [-0.05, 0) is 44.1 Å². The first-order valence-electron chi connectivity index (χ1n) is 7.29. The van der Waals surface area contributed by atoms with Gasteiger partial charge in [-0.15, -0.1) is 11.6 Å². The zero-order chi connectivity index (χ0) is 13.4. The average Bonchev–Trinajstić information content (AvgIpc) is 2.95. The number of fused-ring (bicyclic) bond motifs is 1. The van der Waals surface area contributed by atoms with Gasteiger partial charge < -0.3 is 0 Å². The minimum atomic E-state index is 0.351. The van der Waals surface area contributed by atoms with Gasteiger partial charge >= 0.3 is 0 Å². The topological polar surface area (TPSA) is 17.8 Å². The number of para-hydroxylation sites is 1. The number of rotatable bonds is 3. The van der Waals surface area contributed by atoms with Crippen molar-refractivity contribution in [3.05, 3.63) is 30.0 Å². The standard InChI is InChI=1S/C16H21ClN2/c1-3-19-16-7-5-4-6-13(16)15(18-19)10-12-8-9-14(17)11(12)2/h4-7,11-12,14H,3,8-10H2,1-2H3. The van der Waals surface area contributed by atoms with E-state index >= 15 is 0 Å². The van der Waals surface area contributed by atoms with Gasteiger partial charge in [-0.3, -0.25) is 4.68 Å². The summed E-state index contributed by atoms with van der Waals surface area (Å²) in [6.07, 6.45) is 3.46. The third-order valence-corrected chi connectivity index (χ3v) is 5.23. The molecule has 1 fully saturated rings. The molecular weight excluding hydrogens is 256 g/mol. The average molecular weight is 277 g/mol. The van der Waals surface area contributed by atoms with Crippen LogP contribution in [0.1, 0.15) is 32.4 Å². The van der Waals surface area contributed by atoms with Gasteiger partial charge in [-0.1, -0.05) is 25.1 Å². The van der Waals surface area contributed by atoms with Crippen LogP contribution in [0.5, 0.6) is 0 Å². The first kappa shape index (κ1) is 13.0. The fraction of sp³-hybridized carbons (Fsp3) is 0.562. The smallest absolute Gasteiger partial charge is 0.0706 e. The highest BCUT2D eigenvalue weighted by Gasteiger charge is 2.32. The van der Waals surface area contributed by atoms with Crippen molar-refractivity contribution in [1.29, 1.82) is 0 Å². The van der Waals surface area contributed by atoms with Gasteiger partial charge in [-0.2, -0.15) is 5.10 Å². The molecule has 0 amide bonds. The van der Waals surface area contributed by atoms with Gasteiger partial charge in [0.1, 0.15) is 0 Å². The number of hydrogen-bond donors (Lipinski definition) is 0. The summed E-state index contributed by atoms with van der Waals surface area (Å²) >= 11 is 6.35. The summed E-state index contributed by atoms with van der Waals surface area (Å²) in [5.74, 6) is 1.29. The highest BCUT2D eigenvalue weighted by Crippen LogP contribution is 2.38. The Balaban J connectivity index is 1.93. The Morgan fingerprint density at radius 3 is 2.79 bits per heavy atom. The highest BCUT2D eigenvalue weighted by atomic mass is 35.5. The van der Waals surface area contributed by atoms with Crippen LogP contribution >= 0.6 is 11.6 Å². The van der Waals surface area contributed by atoms with Gasteiger partial charge in [0.05, 0.1) is 11.2 Å². The van der Waals surface area contributed by atoms with Crippen LogP contribution in [0, 0.1) is 11.8 Å². The summed E-state index contributed by atoms with van der Waals surface area (Å²) in [5, 5.41) is 6.47. The molecule has 2 aromatic rings. The quantitative estimate of drug-likeness (QED) is 0.766. The van der Waals surface area contributed by atoms with Crippen molar-refractivity contribution in [3.8, 4) is 0 Å². The zero-order valence-corrected chi connectivity index (χ0v) is 12.4. The second-order valence-electron chi connectivity index (χ2n) is 5.70. The summed E-state index contributed by atoms with van der Waals surface area (Å²) in [4.78, 5) is 0. The lowest BCUT2D eigenvalue weighted by Gasteiger charge is -2.15. The van der Waals surface area contributed by atoms with Crippen molar-refractivity contribution in [1.82, 2.24) is 9.78 Å². The number of aryl methyl sites for hydroxylation is 1. The molecule has 0 saturated heterocycles. The molecule has 19 heavy (non-hydrogen) atoms. The SMILES string of the molecule is CCn1nc(CC2CCC(Cl)C2C)c2ccccc21. The molecule has 2 nitrogen and oxygen atoms in total. The molecule has 1 aliphatic rings. The van der Waals surface area contributed by atoms with Gasteiger partial charge in [0.15, 0.2) is 0 Å². The molecule has 1 aromatic carbocycles. The Kier molecular flexibility index (Phi) is 3.53. The van der Waals surface area contributed by atoms with Gasteiger partial charge in [0, 0.05) is 17.3 Å². The van der Waals surface area contributed by atoms with Crippen molar-refractivity contribution >= 4 is 22.5 Å². The number of alkyl halides is 1. The van der Waals surface area contributed by atoms with Crippen LogP contribution in [0.15, 0.2) is 24.3 Å². The van der Waals surface area contributed by atoms with E-state index in [1.54, 1.807) is 0 Å². The minimum absolute atomic E-state index is 0.351. The van der Waals surface area contributed by atoms with Crippen LogP contribution in [0.3, 0.4) is 0 Å². The molecular formula is C16H21ClN2. The largest absolute Gasteiger partial charge is 0.265 e. The fourth-order valence-electron chi connectivity index (χ4n) is 3.32. The molecule has 0 bridgehead atoms. The van der Waals surface area contributed by atoms with Gasteiger partial charge in [0.25, 0.3) is 0 Å². The Bertz CT molecular complexity index is 575. The molecule has 0 radical (unpaired) electrons. The van der Waals surface area contributed by atoms with Crippen LogP contribution in [-0.4, -0.2) is 15.2 Å². The molecule has 3 rings (SSSR count). The Labute approximate surface area is 119 Å². The second-order valence-corrected chi connectivity index (χ2v) is 6.26. The van der Waals surface area contributed by atoms with Crippen LogP contribution in [0.4, 0.5) is 0 Å². The number of halogens is 1.